The summed E-state index contributed by atoms with van der Waals surface area (Å²) in [6, 6.07) is -0.262. The van der Waals surface area contributed by atoms with Crippen molar-refractivity contribution in [1.29, 1.82) is 0 Å². The van der Waals surface area contributed by atoms with E-state index in [4.69, 9.17) is 5.73 Å². The van der Waals surface area contributed by atoms with Gasteiger partial charge in [0, 0.05) is 18.0 Å². The van der Waals surface area contributed by atoms with Crippen LogP contribution in [0.2, 0.25) is 0 Å². The van der Waals surface area contributed by atoms with E-state index in [1.54, 1.807) is 20.8 Å². The Morgan fingerprint density at radius 1 is 1.41 bits per heavy atom. The van der Waals surface area contributed by atoms with Crippen LogP contribution in [0, 0.1) is 0 Å². The average molecular weight is 256 g/mol. The lowest BCUT2D eigenvalue weighted by Gasteiger charge is -2.30. The van der Waals surface area contributed by atoms with Gasteiger partial charge < -0.3 is 15.8 Å². The van der Waals surface area contributed by atoms with Crippen LogP contribution in [-0.4, -0.2) is 36.9 Å². The van der Waals surface area contributed by atoms with Crippen molar-refractivity contribution in [3.8, 4) is 0 Å². The number of carbonyl (C=O) groups excluding carboxylic acids is 1. The van der Waals surface area contributed by atoms with Crippen LogP contribution < -0.4 is 11.1 Å². The highest BCUT2D eigenvalue weighted by Crippen LogP contribution is 2.14. The van der Waals surface area contributed by atoms with Crippen LogP contribution in [0.1, 0.15) is 27.2 Å². The van der Waals surface area contributed by atoms with Crippen LogP contribution in [0.3, 0.4) is 0 Å². The fraction of sp³-hybridized carbons (Fsp3) is 0.900. The van der Waals surface area contributed by atoms with Crippen molar-refractivity contribution < 1.29 is 22.7 Å². The molecule has 0 spiro atoms. The minimum atomic E-state index is -4.36. The van der Waals surface area contributed by atoms with E-state index in [0.29, 0.717) is 0 Å². The topological polar surface area (TPSA) is 64.3 Å². The Balaban J connectivity index is 3.82. The summed E-state index contributed by atoms with van der Waals surface area (Å²) in [6.45, 7) is 3.62. The van der Waals surface area contributed by atoms with E-state index in [0.717, 1.165) is 0 Å². The monoisotopic (exact) mass is 256 g/mol. The molecule has 0 aliphatic heterocycles. The van der Waals surface area contributed by atoms with E-state index < -0.39 is 18.3 Å². The molecule has 1 amide bonds. The molecule has 0 fully saturated rings. The smallest absolute Gasteiger partial charge is 0.372 e. The normalized spacial score (nSPS) is 14.5. The zero-order chi connectivity index (χ0) is 13.7. The van der Waals surface area contributed by atoms with Crippen LogP contribution in [-0.2, 0) is 9.53 Å². The number of halogens is 3. The number of carbonyl (C=O) groups is 1. The molecule has 0 rings (SSSR count). The predicted octanol–water partition coefficient (Wildman–Crippen LogP) is 1.20. The van der Waals surface area contributed by atoms with E-state index in [1.807, 2.05) is 0 Å². The second-order valence-electron chi connectivity index (χ2n) is 4.48. The maximum atomic E-state index is 11.7. The van der Waals surface area contributed by atoms with Crippen LogP contribution in [0.15, 0.2) is 0 Å². The standard InChI is InChI=1S/C10H19F3N2O2/c1-7(14)9(2,3)15-8(16)4-5-17-6-10(11,12)13/h7H,4-6,14H2,1-3H3,(H,15,16). The lowest BCUT2D eigenvalue weighted by Crippen LogP contribution is -2.54. The van der Waals surface area contributed by atoms with Gasteiger partial charge in [-0.1, -0.05) is 0 Å². The summed E-state index contributed by atoms with van der Waals surface area (Å²) in [7, 11) is 0. The largest absolute Gasteiger partial charge is 0.411 e. The maximum absolute atomic E-state index is 11.7. The van der Waals surface area contributed by atoms with Crippen LogP contribution in [0.25, 0.3) is 0 Å². The number of amides is 1. The van der Waals surface area contributed by atoms with E-state index >= 15 is 0 Å². The lowest BCUT2D eigenvalue weighted by atomic mass is 9.97. The molecule has 17 heavy (non-hydrogen) atoms. The van der Waals surface area contributed by atoms with Gasteiger partial charge in [0.2, 0.25) is 5.91 Å². The highest BCUT2D eigenvalue weighted by molar-refractivity contribution is 5.76. The first-order valence-corrected chi connectivity index (χ1v) is 5.25. The number of ether oxygens (including phenoxy) is 1. The van der Waals surface area contributed by atoms with Crippen LogP contribution in [0.5, 0.6) is 0 Å². The Hall–Kier alpha value is -0.820. The van der Waals surface area contributed by atoms with Crippen LogP contribution in [0.4, 0.5) is 13.2 Å². The zero-order valence-electron chi connectivity index (χ0n) is 10.2. The molecule has 0 saturated carbocycles. The minimum Gasteiger partial charge on any atom is -0.372 e. The highest BCUT2D eigenvalue weighted by atomic mass is 19.4. The first kappa shape index (κ1) is 16.2. The summed E-state index contributed by atoms with van der Waals surface area (Å²) in [5, 5.41) is 2.63. The van der Waals surface area contributed by atoms with E-state index in [9.17, 15) is 18.0 Å². The molecule has 0 aromatic carbocycles. The number of nitrogens with one attached hydrogen (secondary N) is 1. The summed E-state index contributed by atoms with van der Waals surface area (Å²) >= 11 is 0. The van der Waals surface area contributed by atoms with Crippen molar-refractivity contribution in [3.05, 3.63) is 0 Å². The van der Waals surface area contributed by atoms with Crippen molar-refractivity contribution in [1.82, 2.24) is 5.32 Å². The van der Waals surface area contributed by atoms with Gasteiger partial charge in [-0.15, -0.1) is 0 Å². The third-order valence-electron chi connectivity index (χ3n) is 2.34. The first-order chi connectivity index (χ1) is 7.54. The van der Waals surface area contributed by atoms with Crippen molar-refractivity contribution in [2.24, 2.45) is 5.73 Å². The number of nitrogens with two attached hydrogens (primary N) is 1. The molecule has 1 atom stereocenters. The molecule has 0 aromatic heterocycles. The average Bonchev–Trinajstić information content (AvgIpc) is 2.10. The second kappa shape index (κ2) is 6.20. The SMILES string of the molecule is CC(N)C(C)(C)NC(=O)CCOCC(F)(F)F. The Bertz CT molecular complexity index is 252. The summed E-state index contributed by atoms with van der Waals surface area (Å²) in [4.78, 5) is 11.4. The van der Waals surface area contributed by atoms with Crippen molar-refractivity contribution in [2.75, 3.05) is 13.2 Å². The summed E-state index contributed by atoms with van der Waals surface area (Å²) in [5.41, 5.74) is 5.04. The Kier molecular flexibility index (Phi) is 5.91. The molecule has 0 bridgehead atoms. The quantitative estimate of drug-likeness (QED) is 0.702. The van der Waals surface area contributed by atoms with E-state index in [2.05, 4.69) is 10.1 Å². The maximum Gasteiger partial charge on any atom is 0.411 e. The van der Waals surface area contributed by atoms with Gasteiger partial charge >= 0.3 is 6.18 Å². The fourth-order valence-corrected chi connectivity index (χ4v) is 0.888. The number of hydrogen-bond donors (Lipinski definition) is 2. The summed E-state index contributed by atoms with van der Waals surface area (Å²) in [5.74, 6) is -0.380. The molecule has 4 nitrogen and oxygen atoms in total. The van der Waals surface area contributed by atoms with Gasteiger partial charge in [0.1, 0.15) is 6.61 Å². The van der Waals surface area contributed by atoms with Gasteiger partial charge in [0.15, 0.2) is 0 Å². The Morgan fingerprint density at radius 3 is 2.35 bits per heavy atom. The minimum absolute atomic E-state index is 0.119. The predicted molar refractivity (Wildman–Crippen MR) is 57.4 cm³/mol. The molecule has 0 heterocycles. The molecular formula is C10H19F3N2O2. The third kappa shape index (κ3) is 7.98. The van der Waals surface area contributed by atoms with Gasteiger partial charge in [-0.25, -0.2) is 0 Å². The number of rotatable bonds is 6. The van der Waals surface area contributed by atoms with Crippen LogP contribution >= 0.6 is 0 Å². The Morgan fingerprint density at radius 2 is 1.94 bits per heavy atom. The highest BCUT2D eigenvalue weighted by Gasteiger charge is 2.28. The molecule has 1 unspecified atom stereocenters. The zero-order valence-corrected chi connectivity index (χ0v) is 10.2. The van der Waals surface area contributed by atoms with Crippen molar-refractivity contribution in [3.63, 3.8) is 0 Å². The van der Waals surface area contributed by atoms with Crippen molar-refractivity contribution in [2.45, 2.75) is 44.9 Å². The number of alkyl halides is 3. The molecular weight excluding hydrogens is 237 g/mol. The molecule has 102 valence electrons. The van der Waals surface area contributed by atoms with Crippen molar-refractivity contribution >= 4 is 5.91 Å². The lowest BCUT2D eigenvalue weighted by molar-refractivity contribution is -0.174. The fourth-order valence-electron chi connectivity index (χ4n) is 0.888. The molecule has 7 heteroatoms. The van der Waals surface area contributed by atoms with Gasteiger partial charge in [-0.3, -0.25) is 4.79 Å². The molecule has 3 N–H and O–H groups in total. The van der Waals surface area contributed by atoms with Gasteiger partial charge in [0.25, 0.3) is 0 Å². The molecule has 0 radical (unpaired) electrons. The third-order valence-corrected chi connectivity index (χ3v) is 2.34. The second-order valence-corrected chi connectivity index (χ2v) is 4.48. The molecule has 0 aromatic rings. The van der Waals surface area contributed by atoms with Gasteiger partial charge in [-0.05, 0) is 20.8 Å². The molecule has 0 aliphatic rings. The van der Waals surface area contributed by atoms with Gasteiger partial charge in [-0.2, -0.15) is 13.2 Å². The molecule has 0 aliphatic carbocycles. The summed E-state index contributed by atoms with van der Waals surface area (Å²) in [6.07, 6.45) is -4.48. The van der Waals surface area contributed by atoms with E-state index in [1.165, 1.54) is 0 Å². The summed E-state index contributed by atoms with van der Waals surface area (Å²) < 4.78 is 39.5. The Labute approximate surface area is 98.7 Å². The molecule has 0 saturated heterocycles. The van der Waals surface area contributed by atoms with E-state index in [-0.39, 0.29) is 25.0 Å². The number of hydrogen-bond acceptors (Lipinski definition) is 3. The van der Waals surface area contributed by atoms with Gasteiger partial charge in [0.05, 0.1) is 6.61 Å². The first-order valence-electron chi connectivity index (χ1n) is 5.25.